The van der Waals surface area contributed by atoms with Gasteiger partial charge in [-0.2, -0.15) is 5.10 Å². The molecule has 0 bridgehead atoms. The average Bonchev–Trinajstić information content (AvgIpc) is 3.30. The fraction of sp³-hybridized carbons (Fsp3) is 0.130. The number of carbonyl (C=O) groups excluding carboxylic acids is 1. The van der Waals surface area contributed by atoms with E-state index < -0.39 is 12.1 Å². The van der Waals surface area contributed by atoms with Gasteiger partial charge in [-0.05, 0) is 48.0 Å². The maximum atomic E-state index is 14.3. The van der Waals surface area contributed by atoms with Crippen LogP contribution in [0.15, 0.2) is 79.0 Å². The molecule has 4 aromatic rings. The van der Waals surface area contributed by atoms with Crippen molar-refractivity contribution in [3.8, 4) is 5.69 Å². The van der Waals surface area contributed by atoms with Gasteiger partial charge in [0.1, 0.15) is 5.82 Å². The van der Waals surface area contributed by atoms with Gasteiger partial charge in [0.05, 0.1) is 23.4 Å². The van der Waals surface area contributed by atoms with Gasteiger partial charge in [0.25, 0.3) is 5.91 Å². The van der Waals surface area contributed by atoms with Crippen LogP contribution in [0, 0.1) is 5.82 Å². The van der Waals surface area contributed by atoms with Crippen LogP contribution in [0.1, 0.15) is 18.0 Å². The van der Waals surface area contributed by atoms with Crippen LogP contribution in [0.2, 0.25) is 0 Å². The van der Waals surface area contributed by atoms with Crippen LogP contribution in [-0.2, 0) is 4.79 Å². The van der Waals surface area contributed by atoms with Crippen molar-refractivity contribution in [2.75, 3.05) is 4.90 Å². The predicted octanol–water partition coefficient (Wildman–Crippen LogP) is 4.98. The zero-order valence-electron chi connectivity index (χ0n) is 15.4. The molecule has 29 heavy (non-hydrogen) atoms. The van der Waals surface area contributed by atoms with Gasteiger partial charge >= 0.3 is 0 Å². The molecule has 2 heterocycles. The monoisotopic (exact) mass is 389 g/mol. The normalized spacial score (nSPS) is 19.2. The van der Waals surface area contributed by atoms with Crippen LogP contribution in [0.4, 0.5) is 14.5 Å². The fourth-order valence-electron chi connectivity index (χ4n) is 3.93. The Balaban J connectivity index is 1.56. The van der Waals surface area contributed by atoms with Gasteiger partial charge in [-0.25, -0.2) is 13.5 Å². The van der Waals surface area contributed by atoms with E-state index in [2.05, 4.69) is 5.10 Å². The third-order valence-corrected chi connectivity index (χ3v) is 5.33. The number of amides is 1. The molecule has 1 aromatic heterocycles. The van der Waals surface area contributed by atoms with Crippen LogP contribution in [0.25, 0.3) is 16.6 Å². The molecular formula is C23H17F2N3O. The van der Waals surface area contributed by atoms with Crippen molar-refractivity contribution in [2.24, 2.45) is 0 Å². The summed E-state index contributed by atoms with van der Waals surface area (Å²) in [7, 11) is 0. The van der Waals surface area contributed by atoms with Crippen molar-refractivity contribution in [3.05, 3.63) is 90.4 Å². The van der Waals surface area contributed by atoms with Crippen LogP contribution in [-0.4, -0.2) is 21.9 Å². The molecule has 4 nitrogen and oxygen atoms in total. The summed E-state index contributed by atoms with van der Waals surface area (Å²) in [5.74, 6) is -0.836. The van der Waals surface area contributed by atoms with E-state index >= 15 is 0 Å². The van der Waals surface area contributed by atoms with Gasteiger partial charge in [0.2, 0.25) is 0 Å². The molecule has 1 aliphatic rings. The highest BCUT2D eigenvalue weighted by atomic mass is 19.1. The summed E-state index contributed by atoms with van der Waals surface area (Å²) in [5, 5.41) is 5.20. The molecule has 0 N–H and O–H groups in total. The molecule has 1 fully saturated rings. The summed E-state index contributed by atoms with van der Waals surface area (Å²) < 4.78 is 29.2. The van der Waals surface area contributed by atoms with Crippen molar-refractivity contribution in [2.45, 2.75) is 18.6 Å². The molecular weight excluding hydrogens is 372 g/mol. The van der Waals surface area contributed by atoms with E-state index in [4.69, 9.17) is 0 Å². The highest BCUT2D eigenvalue weighted by molar-refractivity contribution is 6.01. The first-order chi connectivity index (χ1) is 14.1. The molecule has 0 radical (unpaired) electrons. The van der Waals surface area contributed by atoms with Gasteiger partial charge in [-0.3, -0.25) is 4.79 Å². The molecule has 1 amide bonds. The topological polar surface area (TPSA) is 38.1 Å². The Morgan fingerprint density at radius 1 is 0.931 bits per heavy atom. The first-order valence-electron chi connectivity index (χ1n) is 9.37. The Kier molecular flexibility index (Phi) is 4.12. The van der Waals surface area contributed by atoms with E-state index in [0.717, 1.165) is 22.2 Å². The molecule has 1 saturated heterocycles. The summed E-state index contributed by atoms with van der Waals surface area (Å²) in [6.07, 6.45) is 0.306. The van der Waals surface area contributed by atoms with E-state index in [1.165, 1.54) is 17.0 Å². The number of aromatic nitrogens is 2. The van der Waals surface area contributed by atoms with E-state index in [1.807, 2.05) is 42.5 Å². The number of rotatable bonds is 3. The minimum absolute atomic E-state index is 0.135. The summed E-state index contributed by atoms with van der Waals surface area (Å²) in [4.78, 5) is 14.1. The van der Waals surface area contributed by atoms with Gasteiger partial charge in [0, 0.05) is 17.5 Å². The second-order valence-electron chi connectivity index (χ2n) is 7.11. The van der Waals surface area contributed by atoms with Crippen molar-refractivity contribution in [3.63, 3.8) is 0 Å². The van der Waals surface area contributed by atoms with Crippen molar-refractivity contribution < 1.29 is 13.6 Å². The molecule has 2 unspecified atom stereocenters. The lowest BCUT2D eigenvalue weighted by molar-refractivity contribution is -0.121. The van der Waals surface area contributed by atoms with E-state index in [0.29, 0.717) is 5.69 Å². The number of alkyl halides is 1. The maximum Gasteiger partial charge on any atom is 0.262 e. The second kappa shape index (κ2) is 6.81. The summed E-state index contributed by atoms with van der Waals surface area (Å²) in [5.41, 5.74) is 3.09. The molecule has 0 aliphatic carbocycles. The van der Waals surface area contributed by atoms with E-state index in [1.54, 1.807) is 29.1 Å². The zero-order valence-corrected chi connectivity index (χ0v) is 15.4. The Morgan fingerprint density at radius 2 is 1.66 bits per heavy atom. The van der Waals surface area contributed by atoms with Gasteiger partial charge in [0.15, 0.2) is 6.17 Å². The third kappa shape index (κ3) is 2.97. The Hall–Kier alpha value is -3.54. The Morgan fingerprint density at radius 3 is 2.41 bits per heavy atom. The number of hydrogen-bond acceptors (Lipinski definition) is 2. The average molecular weight is 389 g/mol. The molecule has 0 spiro atoms. The number of halogens is 2. The molecule has 144 valence electrons. The van der Waals surface area contributed by atoms with E-state index in [-0.39, 0.29) is 18.3 Å². The smallest absolute Gasteiger partial charge is 0.262 e. The van der Waals surface area contributed by atoms with Crippen molar-refractivity contribution in [1.82, 2.24) is 9.78 Å². The van der Waals surface area contributed by atoms with Gasteiger partial charge in [-0.1, -0.05) is 30.3 Å². The van der Waals surface area contributed by atoms with Crippen LogP contribution < -0.4 is 4.90 Å². The molecule has 5 rings (SSSR count). The lowest BCUT2D eigenvalue weighted by atomic mass is 10.0. The SMILES string of the molecule is O=C1C(F)CC(c2ccccc2)N1c1ccc2c(cnn2-c2ccc(F)cc2)c1. The third-order valence-electron chi connectivity index (χ3n) is 5.33. The number of anilines is 1. The van der Waals surface area contributed by atoms with Crippen LogP contribution in [0.3, 0.4) is 0 Å². The van der Waals surface area contributed by atoms with Crippen molar-refractivity contribution in [1.29, 1.82) is 0 Å². The van der Waals surface area contributed by atoms with Crippen LogP contribution in [0.5, 0.6) is 0 Å². The number of nitrogens with zero attached hydrogens (tertiary/aromatic N) is 3. The molecule has 6 heteroatoms. The van der Waals surface area contributed by atoms with Crippen LogP contribution >= 0.6 is 0 Å². The summed E-state index contributed by atoms with van der Waals surface area (Å²) >= 11 is 0. The molecule has 3 aromatic carbocycles. The number of fused-ring (bicyclic) bond motifs is 1. The standard InChI is InChI=1S/C23H17F2N3O/c24-17-6-8-18(9-7-17)28-21-11-10-19(12-16(21)14-26-28)27-22(13-20(25)23(27)29)15-4-2-1-3-5-15/h1-12,14,20,22H,13H2. The first kappa shape index (κ1) is 17.6. The Bertz CT molecular complexity index is 1190. The largest absolute Gasteiger partial charge is 0.302 e. The van der Waals surface area contributed by atoms with E-state index in [9.17, 15) is 13.6 Å². The lowest BCUT2D eigenvalue weighted by Crippen LogP contribution is -2.29. The summed E-state index contributed by atoms with van der Waals surface area (Å²) in [6.45, 7) is 0. The molecule has 0 saturated carbocycles. The lowest BCUT2D eigenvalue weighted by Gasteiger charge is -2.25. The summed E-state index contributed by atoms with van der Waals surface area (Å²) in [6, 6.07) is 20.7. The first-order valence-corrected chi connectivity index (χ1v) is 9.37. The minimum atomic E-state index is -1.52. The number of hydrogen-bond donors (Lipinski definition) is 0. The quantitative estimate of drug-likeness (QED) is 0.496. The van der Waals surface area contributed by atoms with Gasteiger partial charge < -0.3 is 4.90 Å². The highest BCUT2D eigenvalue weighted by Crippen LogP contribution is 2.39. The molecule has 2 atom stereocenters. The predicted molar refractivity (Wildman–Crippen MR) is 107 cm³/mol. The second-order valence-corrected chi connectivity index (χ2v) is 7.11. The Labute approximate surface area is 166 Å². The fourth-order valence-corrected chi connectivity index (χ4v) is 3.93. The number of carbonyl (C=O) groups is 1. The maximum absolute atomic E-state index is 14.3. The minimum Gasteiger partial charge on any atom is -0.302 e. The molecule has 1 aliphatic heterocycles. The number of benzene rings is 3. The van der Waals surface area contributed by atoms with Gasteiger partial charge in [-0.15, -0.1) is 0 Å². The van der Waals surface area contributed by atoms with Crippen molar-refractivity contribution >= 4 is 22.5 Å². The highest BCUT2D eigenvalue weighted by Gasteiger charge is 2.41. The zero-order chi connectivity index (χ0) is 20.0.